The summed E-state index contributed by atoms with van der Waals surface area (Å²) < 4.78 is 1.69. The van der Waals surface area contributed by atoms with Crippen molar-refractivity contribution >= 4 is 23.3 Å². The van der Waals surface area contributed by atoms with Gasteiger partial charge in [0.05, 0.1) is 5.69 Å². The fourth-order valence-corrected chi connectivity index (χ4v) is 1.43. The van der Waals surface area contributed by atoms with Gasteiger partial charge in [-0.2, -0.15) is 5.10 Å². The van der Waals surface area contributed by atoms with Gasteiger partial charge >= 0.3 is 5.97 Å². The predicted octanol–water partition coefficient (Wildman–Crippen LogP) is 1.15. The van der Waals surface area contributed by atoms with Crippen LogP contribution in [0.3, 0.4) is 0 Å². The third-order valence-corrected chi connectivity index (χ3v) is 2.51. The number of nitrogen functional groups attached to an aromatic ring is 1. The van der Waals surface area contributed by atoms with Crippen molar-refractivity contribution in [2.75, 3.05) is 11.1 Å². The molecule has 94 valence electrons. The number of carboxylic acids is 1. The molecule has 4 N–H and O–H groups in total. The number of pyridine rings is 1. The molecule has 0 atom stereocenters. The Hall–Kier alpha value is -2.57. The van der Waals surface area contributed by atoms with E-state index in [4.69, 9.17) is 10.8 Å². The van der Waals surface area contributed by atoms with E-state index in [2.05, 4.69) is 15.4 Å². The lowest BCUT2D eigenvalue weighted by Crippen LogP contribution is -2.06. The van der Waals surface area contributed by atoms with Crippen molar-refractivity contribution in [3.63, 3.8) is 0 Å². The minimum absolute atomic E-state index is 0.0700. The molecule has 0 unspecified atom stereocenters. The zero-order valence-electron chi connectivity index (χ0n) is 10.0. The highest BCUT2D eigenvalue weighted by Crippen LogP contribution is 2.20. The monoisotopic (exact) mass is 247 g/mol. The highest BCUT2D eigenvalue weighted by molar-refractivity contribution is 5.87. The molecule has 7 nitrogen and oxygen atoms in total. The van der Waals surface area contributed by atoms with Crippen LogP contribution < -0.4 is 11.1 Å². The Morgan fingerprint density at radius 2 is 2.22 bits per heavy atom. The third-order valence-electron chi connectivity index (χ3n) is 2.51. The number of rotatable bonds is 3. The number of aryl methyl sites for hydroxylation is 2. The fourth-order valence-electron chi connectivity index (χ4n) is 1.43. The molecule has 2 aromatic rings. The van der Waals surface area contributed by atoms with Gasteiger partial charge in [0, 0.05) is 18.8 Å². The lowest BCUT2D eigenvalue weighted by atomic mass is 10.3. The molecule has 0 aliphatic rings. The summed E-state index contributed by atoms with van der Waals surface area (Å²) in [4.78, 5) is 14.7. The van der Waals surface area contributed by atoms with Crippen molar-refractivity contribution in [3.8, 4) is 0 Å². The van der Waals surface area contributed by atoms with E-state index in [1.54, 1.807) is 4.68 Å². The van der Waals surface area contributed by atoms with Gasteiger partial charge in [0.1, 0.15) is 0 Å². The van der Waals surface area contributed by atoms with Crippen LogP contribution in [0.25, 0.3) is 0 Å². The maximum Gasteiger partial charge on any atom is 0.354 e. The Morgan fingerprint density at radius 3 is 2.78 bits per heavy atom. The van der Waals surface area contributed by atoms with Gasteiger partial charge in [-0.15, -0.1) is 0 Å². The van der Waals surface area contributed by atoms with Crippen molar-refractivity contribution in [3.05, 3.63) is 29.6 Å². The molecule has 0 aromatic carbocycles. The Labute approximate surface area is 103 Å². The van der Waals surface area contributed by atoms with E-state index < -0.39 is 5.97 Å². The van der Waals surface area contributed by atoms with E-state index in [0.29, 0.717) is 11.5 Å². The van der Waals surface area contributed by atoms with Crippen LogP contribution in [0, 0.1) is 6.92 Å². The van der Waals surface area contributed by atoms with Crippen LogP contribution in [0.4, 0.5) is 17.3 Å². The first-order valence-electron chi connectivity index (χ1n) is 5.25. The normalized spacial score (nSPS) is 10.3. The summed E-state index contributed by atoms with van der Waals surface area (Å²) in [6.07, 6.45) is 0. The van der Waals surface area contributed by atoms with Crippen molar-refractivity contribution in [2.45, 2.75) is 6.92 Å². The number of nitrogens with two attached hydrogens (primary N) is 1. The second-order valence-electron chi connectivity index (χ2n) is 3.86. The van der Waals surface area contributed by atoms with Crippen LogP contribution in [-0.2, 0) is 7.05 Å². The van der Waals surface area contributed by atoms with E-state index >= 15 is 0 Å². The number of carbonyl (C=O) groups is 1. The summed E-state index contributed by atoms with van der Waals surface area (Å²) >= 11 is 0. The SMILES string of the molecule is Cc1cc(Nc2nc(C(=O)O)ccc2N)nn1C. The van der Waals surface area contributed by atoms with Gasteiger partial charge in [-0.05, 0) is 19.1 Å². The van der Waals surface area contributed by atoms with E-state index in [1.807, 2.05) is 20.0 Å². The molecule has 2 aromatic heterocycles. The summed E-state index contributed by atoms with van der Waals surface area (Å²) in [6, 6.07) is 4.66. The third kappa shape index (κ3) is 2.24. The molecule has 0 aliphatic carbocycles. The van der Waals surface area contributed by atoms with E-state index in [0.717, 1.165) is 5.69 Å². The molecule has 0 spiro atoms. The second kappa shape index (κ2) is 4.36. The highest BCUT2D eigenvalue weighted by atomic mass is 16.4. The number of carboxylic acid groups (broad SMARTS) is 1. The van der Waals surface area contributed by atoms with Crippen LogP contribution >= 0.6 is 0 Å². The summed E-state index contributed by atoms with van der Waals surface area (Å²) in [5.41, 5.74) is 6.99. The Kier molecular flexibility index (Phi) is 2.88. The van der Waals surface area contributed by atoms with Crippen LogP contribution in [0.1, 0.15) is 16.2 Å². The van der Waals surface area contributed by atoms with Gasteiger partial charge in [0.2, 0.25) is 0 Å². The Balaban J connectivity index is 2.33. The summed E-state index contributed by atoms with van der Waals surface area (Å²) in [5.74, 6) is -0.250. The molecule has 0 amide bonds. The predicted molar refractivity (Wildman–Crippen MR) is 66.8 cm³/mol. The number of nitrogens with zero attached hydrogens (tertiary/aromatic N) is 3. The molecular formula is C11H13N5O2. The lowest BCUT2D eigenvalue weighted by molar-refractivity contribution is 0.0690. The van der Waals surface area contributed by atoms with Crippen molar-refractivity contribution < 1.29 is 9.90 Å². The number of aromatic carboxylic acids is 1. The number of anilines is 3. The van der Waals surface area contributed by atoms with Gasteiger partial charge < -0.3 is 16.2 Å². The smallest absolute Gasteiger partial charge is 0.354 e. The van der Waals surface area contributed by atoms with Gasteiger partial charge in [-0.1, -0.05) is 0 Å². The van der Waals surface area contributed by atoms with Crippen molar-refractivity contribution in [1.29, 1.82) is 0 Å². The first kappa shape index (κ1) is 11.9. The molecular weight excluding hydrogens is 234 g/mol. The van der Waals surface area contributed by atoms with E-state index in [-0.39, 0.29) is 11.5 Å². The van der Waals surface area contributed by atoms with Gasteiger partial charge in [-0.3, -0.25) is 4.68 Å². The highest BCUT2D eigenvalue weighted by Gasteiger charge is 2.10. The standard InChI is InChI=1S/C11H13N5O2/c1-6-5-9(15-16(6)2)14-10-7(12)3-4-8(13-10)11(17)18/h3-5H,12H2,1-2H3,(H,17,18)(H,13,14,15). The van der Waals surface area contributed by atoms with Gasteiger partial charge in [0.15, 0.2) is 17.3 Å². The second-order valence-corrected chi connectivity index (χ2v) is 3.86. The van der Waals surface area contributed by atoms with Crippen molar-refractivity contribution in [2.24, 2.45) is 7.05 Å². The quantitative estimate of drug-likeness (QED) is 0.751. The molecule has 0 radical (unpaired) electrons. The number of nitrogens with one attached hydrogen (secondary N) is 1. The molecule has 2 heterocycles. The average molecular weight is 247 g/mol. The first-order chi connectivity index (χ1) is 8.47. The minimum atomic E-state index is -1.10. The molecule has 2 rings (SSSR count). The van der Waals surface area contributed by atoms with Gasteiger partial charge in [-0.25, -0.2) is 9.78 Å². The van der Waals surface area contributed by atoms with E-state index in [1.165, 1.54) is 12.1 Å². The molecule has 7 heteroatoms. The van der Waals surface area contributed by atoms with Crippen LogP contribution in [0.2, 0.25) is 0 Å². The Morgan fingerprint density at radius 1 is 1.50 bits per heavy atom. The molecule has 0 aliphatic heterocycles. The lowest BCUT2D eigenvalue weighted by Gasteiger charge is -2.06. The van der Waals surface area contributed by atoms with Crippen LogP contribution in [0.15, 0.2) is 18.2 Å². The molecule has 0 fully saturated rings. The maximum atomic E-state index is 10.8. The molecule has 0 bridgehead atoms. The zero-order valence-corrected chi connectivity index (χ0v) is 10.0. The summed E-state index contributed by atoms with van der Waals surface area (Å²) in [5, 5.41) is 15.9. The number of hydrogen-bond acceptors (Lipinski definition) is 5. The molecule has 0 saturated heterocycles. The Bertz CT molecular complexity index is 586. The topological polar surface area (TPSA) is 106 Å². The summed E-state index contributed by atoms with van der Waals surface area (Å²) in [6.45, 7) is 1.91. The van der Waals surface area contributed by atoms with Gasteiger partial charge in [0.25, 0.3) is 0 Å². The molecule has 18 heavy (non-hydrogen) atoms. The number of hydrogen-bond donors (Lipinski definition) is 3. The molecule has 0 saturated carbocycles. The fraction of sp³-hybridized carbons (Fsp3) is 0.182. The maximum absolute atomic E-state index is 10.8. The van der Waals surface area contributed by atoms with E-state index in [9.17, 15) is 4.79 Å². The first-order valence-corrected chi connectivity index (χ1v) is 5.25. The van der Waals surface area contributed by atoms with Crippen LogP contribution in [0.5, 0.6) is 0 Å². The zero-order chi connectivity index (χ0) is 13.3. The number of aromatic nitrogens is 3. The largest absolute Gasteiger partial charge is 0.477 e. The average Bonchev–Trinajstić information content (AvgIpc) is 2.61. The van der Waals surface area contributed by atoms with Crippen LogP contribution in [-0.4, -0.2) is 25.8 Å². The minimum Gasteiger partial charge on any atom is -0.477 e. The summed E-state index contributed by atoms with van der Waals surface area (Å²) in [7, 11) is 1.81. The van der Waals surface area contributed by atoms with Crippen molar-refractivity contribution in [1.82, 2.24) is 14.8 Å².